The molecule has 0 radical (unpaired) electrons. The third-order valence-electron chi connectivity index (χ3n) is 3.56. The van der Waals surface area contributed by atoms with Crippen molar-refractivity contribution in [3.05, 3.63) is 29.3 Å². The number of anilines is 1. The van der Waals surface area contributed by atoms with Crippen molar-refractivity contribution in [1.29, 1.82) is 0 Å². The number of nitrogens with one attached hydrogen (secondary N) is 1. The summed E-state index contributed by atoms with van der Waals surface area (Å²) in [6, 6.07) is 3.32. The lowest BCUT2D eigenvalue weighted by molar-refractivity contribution is -0.136. The molecule has 2 rings (SSSR count). The van der Waals surface area contributed by atoms with Crippen LogP contribution in [0.1, 0.15) is 48.0 Å². The van der Waals surface area contributed by atoms with Crippen LogP contribution in [0.4, 0.5) is 18.9 Å². The highest BCUT2D eigenvalue weighted by molar-refractivity contribution is 5.95. The van der Waals surface area contributed by atoms with Crippen molar-refractivity contribution in [3.63, 3.8) is 0 Å². The number of alkyl halides is 3. The lowest BCUT2D eigenvalue weighted by Crippen LogP contribution is -2.36. The Labute approximate surface area is 115 Å². The summed E-state index contributed by atoms with van der Waals surface area (Å²) < 4.78 is 38.2. The largest absolute Gasteiger partial charge is 0.418 e. The van der Waals surface area contributed by atoms with Gasteiger partial charge >= 0.3 is 6.18 Å². The SMILES string of the molecule is Nc1ccc(C(=O)NC2CCCCC2)cc1C(F)(F)F. The molecule has 0 spiro atoms. The van der Waals surface area contributed by atoms with E-state index in [9.17, 15) is 18.0 Å². The second-order valence-corrected chi connectivity index (χ2v) is 5.11. The zero-order chi connectivity index (χ0) is 14.8. The summed E-state index contributed by atoms with van der Waals surface area (Å²) in [6.07, 6.45) is 0.443. The Bertz CT molecular complexity index is 494. The van der Waals surface area contributed by atoms with Crippen LogP contribution in [-0.2, 0) is 6.18 Å². The van der Waals surface area contributed by atoms with E-state index in [1.807, 2.05) is 0 Å². The summed E-state index contributed by atoms with van der Waals surface area (Å²) >= 11 is 0. The molecule has 0 aliphatic heterocycles. The molecule has 3 N–H and O–H groups in total. The molecule has 1 fully saturated rings. The number of nitrogen functional groups attached to an aromatic ring is 1. The van der Waals surface area contributed by atoms with Gasteiger partial charge in [-0.25, -0.2) is 0 Å². The number of amides is 1. The van der Waals surface area contributed by atoms with E-state index in [1.165, 1.54) is 6.07 Å². The first-order valence-electron chi connectivity index (χ1n) is 6.65. The molecule has 0 heterocycles. The molecule has 1 amide bonds. The van der Waals surface area contributed by atoms with E-state index in [-0.39, 0.29) is 17.3 Å². The maximum Gasteiger partial charge on any atom is 0.418 e. The number of hydrogen-bond donors (Lipinski definition) is 2. The standard InChI is InChI=1S/C14H17F3N2O/c15-14(16,17)11-8-9(6-7-12(11)18)13(20)19-10-4-2-1-3-5-10/h6-8,10H,1-5,18H2,(H,19,20). The summed E-state index contributed by atoms with van der Waals surface area (Å²) in [5.74, 6) is -0.470. The average molecular weight is 286 g/mol. The van der Waals surface area contributed by atoms with Gasteiger partial charge in [-0.2, -0.15) is 13.2 Å². The molecule has 1 aromatic carbocycles. The number of hydrogen-bond acceptors (Lipinski definition) is 2. The van der Waals surface area contributed by atoms with Crippen molar-refractivity contribution < 1.29 is 18.0 Å². The molecule has 1 aliphatic carbocycles. The fraction of sp³-hybridized carbons (Fsp3) is 0.500. The second kappa shape index (κ2) is 5.73. The van der Waals surface area contributed by atoms with Crippen LogP contribution in [0.5, 0.6) is 0 Å². The van der Waals surface area contributed by atoms with Crippen LogP contribution in [0.15, 0.2) is 18.2 Å². The minimum atomic E-state index is -4.55. The van der Waals surface area contributed by atoms with Crippen molar-refractivity contribution in [2.75, 3.05) is 5.73 Å². The third-order valence-corrected chi connectivity index (χ3v) is 3.56. The fourth-order valence-electron chi connectivity index (χ4n) is 2.46. The van der Waals surface area contributed by atoms with Crippen molar-refractivity contribution in [2.45, 2.75) is 44.3 Å². The molecule has 0 saturated heterocycles. The Hall–Kier alpha value is -1.72. The van der Waals surface area contributed by atoms with Gasteiger partial charge in [0.15, 0.2) is 0 Å². The van der Waals surface area contributed by atoms with Crippen molar-refractivity contribution >= 4 is 11.6 Å². The molecule has 1 aliphatic rings. The fourth-order valence-corrected chi connectivity index (χ4v) is 2.46. The van der Waals surface area contributed by atoms with Gasteiger partial charge < -0.3 is 11.1 Å². The van der Waals surface area contributed by atoms with E-state index >= 15 is 0 Å². The Balaban J connectivity index is 2.13. The predicted octanol–water partition coefficient (Wildman–Crippen LogP) is 3.35. The lowest BCUT2D eigenvalue weighted by atomic mass is 9.95. The quantitative estimate of drug-likeness (QED) is 0.819. The third kappa shape index (κ3) is 3.43. The molecular formula is C14H17F3N2O. The molecule has 0 bridgehead atoms. The zero-order valence-corrected chi connectivity index (χ0v) is 11.0. The minimum absolute atomic E-state index is 0.00269. The number of benzene rings is 1. The van der Waals surface area contributed by atoms with Crippen LogP contribution in [0, 0.1) is 0 Å². The van der Waals surface area contributed by atoms with Gasteiger partial charge in [-0.15, -0.1) is 0 Å². The van der Waals surface area contributed by atoms with Gasteiger partial charge in [-0.1, -0.05) is 19.3 Å². The highest BCUT2D eigenvalue weighted by atomic mass is 19.4. The first-order chi connectivity index (χ1) is 9.38. The number of rotatable bonds is 2. The second-order valence-electron chi connectivity index (χ2n) is 5.11. The zero-order valence-electron chi connectivity index (χ0n) is 11.0. The first-order valence-corrected chi connectivity index (χ1v) is 6.65. The summed E-state index contributed by atoms with van der Waals surface area (Å²) in [4.78, 5) is 12.0. The van der Waals surface area contributed by atoms with Crippen LogP contribution in [0.25, 0.3) is 0 Å². The molecule has 6 heteroatoms. The van der Waals surface area contributed by atoms with Gasteiger partial charge in [-0.05, 0) is 31.0 Å². The van der Waals surface area contributed by atoms with Gasteiger partial charge in [0.2, 0.25) is 0 Å². The number of carbonyl (C=O) groups is 1. The molecule has 0 atom stereocenters. The number of carbonyl (C=O) groups excluding carboxylic acids is 1. The highest BCUT2D eigenvalue weighted by Gasteiger charge is 2.33. The van der Waals surface area contributed by atoms with E-state index in [0.717, 1.165) is 44.2 Å². The predicted molar refractivity (Wildman–Crippen MR) is 70.2 cm³/mol. The van der Waals surface area contributed by atoms with E-state index < -0.39 is 17.6 Å². The Morgan fingerprint density at radius 2 is 1.85 bits per heavy atom. The smallest absolute Gasteiger partial charge is 0.398 e. The number of halogens is 3. The Kier molecular flexibility index (Phi) is 4.20. The summed E-state index contributed by atoms with van der Waals surface area (Å²) in [5, 5.41) is 2.79. The summed E-state index contributed by atoms with van der Waals surface area (Å²) in [6.45, 7) is 0. The molecule has 110 valence electrons. The topological polar surface area (TPSA) is 55.1 Å². The molecular weight excluding hydrogens is 269 g/mol. The maximum atomic E-state index is 12.7. The maximum absolute atomic E-state index is 12.7. The molecule has 0 unspecified atom stereocenters. The molecule has 0 aromatic heterocycles. The summed E-state index contributed by atoms with van der Waals surface area (Å²) in [7, 11) is 0. The Morgan fingerprint density at radius 1 is 1.20 bits per heavy atom. The first kappa shape index (κ1) is 14.7. The van der Waals surface area contributed by atoms with E-state index in [1.54, 1.807) is 0 Å². The number of nitrogens with two attached hydrogens (primary N) is 1. The Morgan fingerprint density at radius 3 is 2.45 bits per heavy atom. The molecule has 20 heavy (non-hydrogen) atoms. The van der Waals surface area contributed by atoms with Crippen LogP contribution < -0.4 is 11.1 Å². The van der Waals surface area contributed by atoms with E-state index in [4.69, 9.17) is 5.73 Å². The van der Waals surface area contributed by atoms with Gasteiger partial charge in [0.25, 0.3) is 5.91 Å². The van der Waals surface area contributed by atoms with Crippen molar-refractivity contribution in [3.8, 4) is 0 Å². The van der Waals surface area contributed by atoms with Gasteiger partial charge in [-0.3, -0.25) is 4.79 Å². The van der Waals surface area contributed by atoms with E-state index in [2.05, 4.69) is 5.32 Å². The van der Waals surface area contributed by atoms with Crippen molar-refractivity contribution in [1.82, 2.24) is 5.32 Å². The molecule has 1 aromatic rings. The lowest BCUT2D eigenvalue weighted by Gasteiger charge is -2.23. The molecule has 3 nitrogen and oxygen atoms in total. The van der Waals surface area contributed by atoms with Crippen molar-refractivity contribution in [2.24, 2.45) is 0 Å². The van der Waals surface area contributed by atoms with Crippen LogP contribution in [0.3, 0.4) is 0 Å². The van der Waals surface area contributed by atoms with Crippen LogP contribution in [-0.4, -0.2) is 11.9 Å². The highest BCUT2D eigenvalue weighted by Crippen LogP contribution is 2.34. The average Bonchev–Trinajstić information content (AvgIpc) is 2.39. The minimum Gasteiger partial charge on any atom is -0.398 e. The normalized spacial score (nSPS) is 16.9. The van der Waals surface area contributed by atoms with E-state index in [0.29, 0.717) is 0 Å². The van der Waals surface area contributed by atoms with Gasteiger partial charge in [0.1, 0.15) is 0 Å². The van der Waals surface area contributed by atoms with Crippen LogP contribution in [0.2, 0.25) is 0 Å². The van der Waals surface area contributed by atoms with Gasteiger partial charge in [0.05, 0.1) is 5.56 Å². The monoisotopic (exact) mass is 286 g/mol. The summed E-state index contributed by atoms with van der Waals surface area (Å²) in [5.41, 5.74) is 3.97. The van der Waals surface area contributed by atoms with Crippen LogP contribution >= 0.6 is 0 Å². The molecule has 1 saturated carbocycles. The van der Waals surface area contributed by atoms with Gasteiger partial charge in [0, 0.05) is 17.3 Å².